The molecule has 0 amide bonds. The van der Waals surface area contributed by atoms with Crippen LogP contribution in [0.2, 0.25) is 0 Å². The van der Waals surface area contributed by atoms with E-state index in [0.29, 0.717) is 6.54 Å². The number of hydrogen-bond donors (Lipinski definition) is 1. The van der Waals surface area contributed by atoms with Crippen LogP contribution in [0.25, 0.3) is 0 Å². The molecule has 1 rings (SSSR count). The summed E-state index contributed by atoms with van der Waals surface area (Å²) in [7, 11) is -3.11. The van der Waals surface area contributed by atoms with Crippen LogP contribution in [-0.4, -0.2) is 37.7 Å². The molecule has 0 atom stereocenters. The normalized spacial score (nSPS) is 21.1. The van der Waals surface area contributed by atoms with Crippen molar-refractivity contribution in [1.29, 1.82) is 0 Å². The van der Waals surface area contributed by atoms with E-state index in [-0.39, 0.29) is 18.0 Å². The van der Waals surface area contributed by atoms with Gasteiger partial charge in [-0.2, -0.15) is 0 Å². The monoisotopic (exact) mass is 291 g/mol. The summed E-state index contributed by atoms with van der Waals surface area (Å²) in [6.45, 7) is 5.94. The highest BCUT2D eigenvalue weighted by Crippen LogP contribution is 2.30. The highest BCUT2D eigenvalue weighted by molar-refractivity contribution is 7.92. The fourth-order valence-corrected chi connectivity index (χ4v) is 3.37. The lowest BCUT2D eigenvalue weighted by atomic mass is 9.94. The molecule has 0 unspecified atom stereocenters. The Labute approximate surface area is 118 Å². The molecule has 0 saturated heterocycles. The maximum Gasteiger partial charge on any atom is 0.157 e. The summed E-state index contributed by atoms with van der Waals surface area (Å²) in [5.41, 5.74) is 5.58. The van der Waals surface area contributed by atoms with Gasteiger partial charge in [0.2, 0.25) is 0 Å². The summed E-state index contributed by atoms with van der Waals surface area (Å²) < 4.78 is 29.3. The number of nitrogens with two attached hydrogens (primary N) is 1. The molecule has 5 heteroatoms. The topological polar surface area (TPSA) is 69.4 Å². The molecular formula is C14H29NO3S. The lowest BCUT2D eigenvalue weighted by Gasteiger charge is -2.32. The Morgan fingerprint density at radius 1 is 1.11 bits per heavy atom. The van der Waals surface area contributed by atoms with Crippen LogP contribution in [0.3, 0.4) is 0 Å². The van der Waals surface area contributed by atoms with Crippen molar-refractivity contribution in [2.24, 2.45) is 5.73 Å². The Bertz CT molecular complexity index is 363. The van der Waals surface area contributed by atoms with Crippen molar-refractivity contribution in [3.63, 3.8) is 0 Å². The maximum atomic E-state index is 12.0. The second-order valence-electron chi connectivity index (χ2n) is 6.58. The van der Waals surface area contributed by atoms with Crippen LogP contribution >= 0.6 is 0 Å². The minimum atomic E-state index is -3.11. The SMILES string of the molecule is CC(C)(C)S(=O)(=O)CCOC1(CN)CCCCCC1. The predicted molar refractivity (Wildman–Crippen MR) is 79.0 cm³/mol. The summed E-state index contributed by atoms with van der Waals surface area (Å²) in [6.07, 6.45) is 6.63. The van der Waals surface area contributed by atoms with Gasteiger partial charge in [0.15, 0.2) is 9.84 Å². The van der Waals surface area contributed by atoms with E-state index in [4.69, 9.17) is 10.5 Å². The van der Waals surface area contributed by atoms with Gasteiger partial charge in [0, 0.05) is 6.54 Å². The van der Waals surface area contributed by atoms with Crippen molar-refractivity contribution in [3.8, 4) is 0 Å². The number of hydrogen-bond acceptors (Lipinski definition) is 4. The summed E-state index contributed by atoms with van der Waals surface area (Å²) in [5, 5.41) is 0. The first-order valence-electron chi connectivity index (χ1n) is 7.29. The van der Waals surface area contributed by atoms with Crippen molar-refractivity contribution in [1.82, 2.24) is 0 Å². The van der Waals surface area contributed by atoms with E-state index >= 15 is 0 Å². The standard InChI is InChI=1S/C14H29NO3S/c1-13(2,3)19(16,17)11-10-18-14(12-15)8-6-4-5-7-9-14/h4-12,15H2,1-3H3. The summed E-state index contributed by atoms with van der Waals surface area (Å²) >= 11 is 0. The summed E-state index contributed by atoms with van der Waals surface area (Å²) in [4.78, 5) is 0. The molecule has 0 aliphatic heterocycles. The number of sulfone groups is 1. The Kier molecular flexibility index (Phi) is 5.83. The van der Waals surface area contributed by atoms with Gasteiger partial charge < -0.3 is 10.5 Å². The highest BCUT2D eigenvalue weighted by atomic mass is 32.2. The van der Waals surface area contributed by atoms with E-state index in [0.717, 1.165) is 25.7 Å². The Hall–Kier alpha value is -0.130. The largest absolute Gasteiger partial charge is 0.373 e. The lowest BCUT2D eigenvalue weighted by Crippen LogP contribution is -2.42. The minimum absolute atomic E-state index is 0.0816. The first kappa shape index (κ1) is 16.9. The molecule has 114 valence electrons. The lowest BCUT2D eigenvalue weighted by molar-refractivity contribution is -0.0420. The molecule has 0 aromatic heterocycles. The van der Waals surface area contributed by atoms with Crippen molar-refractivity contribution in [2.45, 2.75) is 69.6 Å². The van der Waals surface area contributed by atoms with Gasteiger partial charge in [-0.15, -0.1) is 0 Å². The molecule has 0 aromatic carbocycles. The zero-order chi connectivity index (χ0) is 14.6. The fourth-order valence-electron chi connectivity index (χ4n) is 2.45. The zero-order valence-electron chi connectivity index (χ0n) is 12.6. The van der Waals surface area contributed by atoms with E-state index in [9.17, 15) is 8.42 Å². The second-order valence-corrected chi connectivity index (χ2v) is 9.44. The van der Waals surface area contributed by atoms with Gasteiger partial charge in [-0.25, -0.2) is 8.42 Å². The molecular weight excluding hydrogens is 262 g/mol. The van der Waals surface area contributed by atoms with Gasteiger partial charge in [0.05, 0.1) is 22.7 Å². The van der Waals surface area contributed by atoms with Crippen LogP contribution in [0.4, 0.5) is 0 Å². The molecule has 0 aromatic rings. The van der Waals surface area contributed by atoms with E-state index in [2.05, 4.69) is 0 Å². The third kappa shape index (κ3) is 4.72. The number of rotatable bonds is 5. The maximum absolute atomic E-state index is 12.0. The third-order valence-electron chi connectivity index (χ3n) is 4.08. The molecule has 1 aliphatic carbocycles. The van der Waals surface area contributed by atoms with Crippen LogP contribution < -0.4 is 5.73 Å². The third-order valence-corrected chi connectivity index (χ3v) is 6.65. The molecule has 19 heavy (non-hydrogen) atoms. The molecule has 1 fully saturated rings. The van der Waals surface area contributed by atoms with Gasteiger partial charge in [-0.05, 0) is 33.6 Å². The van der Waals surface area contributed by atoms with Crippen molar-refractivity contribution < 1.29 is 13.2 Å². The quantitative estimate of drug-likeness (QED) is 0.789. The van der Waals surface area contributed by atoms with Crippen LogP contribution in [0.15, 0.2) is 0 Å². The average Bonchev–Trinajstić information content (AvgIpc) is 2.53. The molecule has 2 N–H and O–H groups in total. The molecule has 0 bridgehead atoms. The Balaban J connectivity index is 2.55. The van der Waals surface area contributed by atoms with Crippen LogP contribution in [0, 0.1) is 0 Å². The first-order chi connectivity index (χ1) is 8.72. The van der Waals surface area contributed by atoms with Crippen LogP contribution in [-0.2, 0) is 14.6 Å². The summed E-state index contributed by atoms with van der Waals surface area (Å²) in [5.74, 6) is 0.0816. The molecule has 1 aliphatic rings. The molecule has 0 radical (unpaired) electrons. The van der Waals surface area contributed by atoms with E-state index in [1.807, 2.05) is 0 Å². The van der Waals surface area contributed by atoms with Crippen LogP contribution in [0.1, 0.15) is 59.3 Å². The van der Waals surface area contributed by atoms with Gasteiger partial charge in [0.1, 0.15) is 0 Å². The Morgan fingerprint density at radius 3 is 2.05 bits per heavy atom. The smallest absolute Gasteiger partial charge is 0.157 e. The molecule has 1 saturated carbocycles. The highest BCUT2D eigenvalue weighted by Gasteiger charge is 2.33. The van der Waals surface area contributed by atoms with Crippen molar-refractivity contribution in [2.75, 3.05) is 18.9 Å². The fraction of sp³-hybridized carbons (Fsp3) is 1.00. The zero-order valence-corrected chi connectivity index (χ0v) is 13.4. The molecule has 4 nitrogen and oxygen atoms in total. The van der Waals surface area contributed by atoms with Crippen LogP contribution in [0.5, 0.6) is 0 Å². The second kappa shape index (κ2) is 6.55. The van der Waals surface area contributed by atoms with E-state index in [1.54, 1.807) is 20.8 Å². The molecule has 0 heterocycles. The summed E-state index contributed by atoms with van der Waals surface area (Å²) in [6, 6.07) is 0. The average molecular weight is 291 g/mol. The predicted octanol–water partition coefficient (Wildman–Crippen LogP) is 2.27. The van der Waals surface area contributed by atoms with Gasteiger partial charge in [-0.3, -0.25) is 0 Å². The van der Waals surface area contributed by atoms with Gasteiger partial charge in [-0.1, -0.05) is 25.7 Å². The van der Waals surface area contributed by atoms with Gasteiger partial charge >= 0.3 is 0 Å². The van der Waals surface area contributed by atoms with E-state index < -0.39 is 14.6 Å². The Morgan fingerprint density at radius 2 is 1.63 bits per heavy atom. The van der Waals surface area contributed by atoms with Crippen molar-refractivity contribution >= 4 is 9.84 Å². The van der Waals surface area contributed by atoms with Gasteiger partial charge in [0.25, 0.3) is 0 Å². The minimum Gasteiger partial charge on any atom is -0.373 e. The molecule has 0 spiro atoms. The van der Waals surface area contributed by atoms with E-state index in [1.165, 1.54) is 12.8 Å². The number of ether oxygens (including phenoxy) is 1. The first-order valence-corrected chi connectivity index (χ1v) is 8.94. The van der Waals surface area contributed by atoms with Crippen molar-refractivity contribution in [3.05, 3.63) is 0 Å².